The van der Waals surface area contributed by atoms with Gasteiger partial charge in [-0.2, -0.15) is 0 Å². The Morgan fingerprint density at radius 2 is 1.77 bits per heavy atom. The van der Waals surface area contributed by atoms with Gasteiger partial charge < -0.3 is 21.5 Å². The van der Waals surface area contributed by atoms with E-state index < -0.39 is 11.6 Å². The number of aliphatic imine (C=N–C) groups is 1. The number of hydrogen-bond donors (Lipinski definition) is 3. The molecule has 1 fully saturated rings. The van der Waals surface area contributed by atoms with Crippen molar-refractivity contribution in [2.75, 3.05) is 25.9 Å². The van der Waals surface area contributed by atoms with Crippen LogP contribution in [0.15, 0.2) is 71.7 Å². The van der Waals surface area contributed by atoms with Crippen LogP contribution in [-0.2, 0) is 0 Å². The molecule has 4 aromatic rings. The number of carbonyl (C=O) groups excluding carboxylic acids is 1. The van der Waals surface area contributed by atoms with Crippen molar-refractivity contribution < 1.29 is 18.3 Å². The molecule has 1 atom stereocenters. The predicted octanol–water partition coefficient (Wildman–Crippen LogP) is 6.98. The van der Waals surface area contributed by atoms with Crippen LogP contribution in [0, 0.1) is 37.8 Å². The molecular weight excluding hydrogens is 596 g/mol. The Hall–Kier alpha value is -5.07. The molecule has 1 aromatic heterocycles. The average molecular weight is 640 g/mol. The van der Waals surface area contributed by atoms with E-state index in [9.17, 15) is 9.18 Å². The van der Waals surface area contributed by atoms with Crippen molar-refractivity contribution in [1.82, 2.24) is 10.3 Å². The monoisotopic (exact) mass is 639 g/mol. The van der Waals surface area contributed by atoms with Gasteiger partial charge in [0.25, 0.3) is 5.91 Å². The largest absolute Gasteiger partial charge is 0.491 e. The van der Waals surface area contributed by atoms with E-state index in [2.05, 4.69) is 28.4 Å². The van der Waals surface area contributed by atoms with Gasteiger partial charge in [0, 0.05) is 47.1 Å². The number of amides is 1. The molecule has 1 unspecified atom stereocenters. The summed E-state index contributed by atoms with van der Waals surface area (Å²) in [4.78, 5) is 22.7. The number of nitrogen functional groups attached to an aromatic ring is 1. The minimum atomic E-state index is -0.725. The zero-order chi connectivity index (χ0) is 34.5. The van der Waals surface area contributed by atoms with Gasteiger partial charge >= 0.3 is 0 Å². The van der Waals surface area contributed by atoms with Gasteiger partial charge in [-0.25, -0.2) is 13.8 Å². The van der Waals surface area contributed by atoms with Crippen LogP contribution >= 0.6 is 0 Å². The molecule has 47 heavy (non-hydrogen) atoms. The maximum absolute atomic E-state index is 15.1. The third kappa shape index (κ3) is 9.71. The van der Waals surface area contributed by atoms with Crippen LogP contribution in [0.2, 0.25) is 0 Å². The molecule has 0 spiro atoms. The van der Waals surface area contributed by atoms with Crippen LogP contribution in [0.3, 0.4) is 0 Å². The maximum Gasteiger partial charge on any atom is 0.251 e. The second-order valence-corrected chi connectivity index (χ2v) is 10.9. The van der Waals surface area contributed by atoms with E-state index in [1.807, 2.05) is 50.2 Å². The third-order valence-electron chi connectivity index (χ3n) is 7.32. The standard InChI is InChI=1S/C34H34F2N4O2.C3H4.CH5N/c1-4-42-33-21(3)15-31(40-32(33)26-14-20(2)28(35)17-29(26)36)27(22-8-6-5-7-9-22)19-39-34(41)23-10-13-30(37)24(16-23)18-38-25-11-12-25;1-3-2;1-2/h5-10,13-18,25,27H,4,11-12,19,37H2,1-3H3,(H,39,41);1H,2H3;2H2,1H3. The van der Waals surface area contributed by atoms with E-state index in [1.165, 1.54) is 13.1 Å². The second kappa shape index (κ2) is 17.6. The number of terminal acetylenes is 1. The summed E-state index contributed by atoms with van der Waals surface area (Å²) in [6.07, 6.45) is 8.48. The van der Waals surface area contributed by atoms with Crippen LogP contribution in [0.4, 0.5) is 14.5 Å². The Kier molecular flexibility index (Phi) is 13.6. The lowest BCUT2D eigenvalue weighted by Gasteiger charge is -2.22. The van der Waals surface area contributed by atoms with E-state index >= 15 is 4.39 Å². The highest BCUT2D eigenvalue weighted by Gasteiger charge is 2.24. The lowest BCUT2D eigenvalue weighted by molar-refractivity contribution is 0.0952. The number of benzene rings is 3. The number of nitrogens with zero attached hydrogens (tertiary/aromatic N) is 2. The number of carbonyl (C=O) groups is 1. The first-order valence-electron chi connectivity index (χ1n) is 15.5. The SMILES string of the molecule is C#CC.CCOc1c(C)cc(C(CNC(=O)c2ccc(N)c(C=NC3CC3)c2)c2ccccc2)nc1-c1cc(C)c(F)cc1F.CN. The van der Waals surface area contributed by atoms with Gasteiger partial charge in [0.05, 0.1) is 18.3 Å². The van der Waals surface area contributed by atoms with Gasteiger partial charge in [0.1, 0.15) is 23.1 Å². The first kappa shape index (κ1) is 36.4. The van der Waals surface area contributed by atoms with E-state index in [1.54, 1.807) is 38.3 Å². The summed E-state index contributed by atoms with van der Waals surface area (Å²) >= 11 is 0. The molecule has 9 heteroatoms. The van der Waals surface area contributed by atoms with Crippen LogP contribution in [0.5, 0.6) is 5.75 Å². The number of ether oxygens (including phenoxy) is 1. The topological polar surface area (TPSA) is 116 Å². The molecule has 5 N–H and O–H groups in total. The molecule has 1 heterocycles. The zero-order valence-electron chi connectivity index (χ0n) is 27.6. The Balaban J connectivity index is 0.00000114. The molecule has 5 rings (SSSR count). The summed E-state index contributed by atoms with van der Waals surface area (Å²) in [6, 6.07) is 19.4. The molecule has 0 saturated heterocycles. The summed E-state index contributed by atoms with van der Waals surface area (Å²) in [6.45, 7) is 7.52. The molecule has 7 nitrogen and oxygen atoms in total. The van der Waals surface area contributed by atoms with Gasteiger partial charge in [-0.3, -0.25) is 9.79 Å². The number of nitrogens with one attached hydrogen (secondary N) is 1. The summed E-state index contributed by atoms with van der Waals surface area (Å²) in [5, 5.41) is 3.05. The normalized spacial score (nSPS) is 12.6. The first-order chi connectivity index (χ1) is 22.7. The lowest BCUT2D eigenvalue weighted by Crippen LogP contribution is -2.29. The third-order valence-corrected chi connectivity index (χ3v) is 7.32. The molecule has 1 saturated carbocycles. The minimum Gasteiger partial charge on any atom is -0.491 e. The smallest absolute Gasteiger partial charge is 0.251 e. The molecular formula is C38H43F2N5O2. The number of anilines is 1. The van der Waals surface area contributed by atoms with Crippen molar-refractivity contribution in [3.63, 3.8) is 0 Å². The highest BCUT2D eigenvalue weighted by Crippen LogP contribution is 2.37. The maximum atomic E-state index is 15.1. The summed E-state index contributed by atoms with van der Waals surface area (Å²) in [5.74, 6) is 0.704. The van der Waals surface area contributed by atoms with E-state index in [0.29, 0.717) is 46.5 Å². The quantitative estimate of drug-likeness (QED) is 0.0984. The molecule has 1 aliphatic rings. The van der Waals surface area contributed by atoms with E-state index in [0.717, 1.165) is 30.0 Å². The lowest BCUT2D eigenvalue weighted by atomic mass is 9.93. The number of hydrogen-bond acceptors (Lipinski definition) is 6. The Bertz CT molecular complexity index is 1730. The highest BCUT2D eigenvalue weighted by molar-refractivity contribution is 5.98. The Labute approximate surface area is 276 Å². The number of aromatic nitrogens is 1. The number of halogens is 2. The molecule has 3 aromatic carbocycles. The highest BCUT2D eigenvalue weighted by atomic mass is 19.1. The first-order valence-corrected chi connectivity index (χ1v) is 15.5. The number of aryl methyl sites for hydroxylation is 2. The fraction of sp³-hybridized carbons (Fsp3) is 0.289. The van der Waals surface area contributed by atoms with Crippen molar-refractivity contribution in [3.8, 4) is 29.4 Å². The van der Waals surface area contributed by atoms with E-state index in [4.69, 9.17) is 15.5 Å². The second-order valence-electron chi connectivity index (χ2n) is 10.9. The van der Waals surface area contributed by atoms with Crippen molar-refractivity contribution >= 4 is 17.8 Å². The van der Waals surface area contributed by atoms with Crippen LogP contribution in [-0.4, -0.2) is 43.3 Å². The summed E-state index contributed by atoms with van der Waals surface area (Å²) in [5.41, 5.74) is 15.4. The van der Waals surface area contributed by atoms with Crippen molar-refractivity contribution in [2.45, 2.75) is 52.5 Å². The van der Waals surface area contributed by atoms with Gasteiger partial charge in [-0.1, -0.05) is 30.3 Å². The molecule has 1 amide bonds. The van der Waals surface area contributed by atoms with E-state index in [-0.39, 0.29) is 29.6 Å². The predicted molar refractivity (Wildman–Crippen MR) is 187 cm³/mol. The minimum absolute atomic E-state index is 0.153. The van der Waals surface area contributed by atoms with Crippen LogP contribution in [0.1, 0.15) is 70.9 Å². The molecule has 0 aliphatic heterocycles. The zero-order valence-corrected chi connectivity index (χ0v) is 27.6. The Morgan fingerprint density at radius 3 is 2.40 bits per heavy atom. The summed E-state index contributed by atoms with van der Waals surface area (Å²) in [7, 11) is 1.50. The van der Waals surface area contributed by atoms with Crippen LogP contribution in [0.25, 0.3) is 11.3 Å². The molecule has 0 bridgehead atoms. The van der Waals surface area contributed by atoms with Gasteiger partial charge in [-0.15, -0.1) is 12.3 Å². The van der Waals surface area contributed by atoms with Gasteiger partial charge in [0.15, 0.2) is 0 Å². The number of rotatable bonds is 10. The Morgan fingerprint density at radius 1 is 1.09 bits per heavy atom. The van der Waals surface area contributed by atoms with Crippen LogP contribution < -0.4 is 21.5 Å². The van der Waals surface area contributed by atoms with Gasteiger partial charge in [-0.05, 0) is 94.6 Å². The van der Waals surface area contributed by atoms with Crippen molar-refractivity contribution in [3.05, 3.63) is 112 Å². The summed E-state index contributed by atoms with van der Waals surface area (Å²) < 4.78 is 35.1. The number of nitrogens with two attached hydrogens (primary N) is 2. The van der Waals surface area contributed by atoms with Crippen molar-refractivity contribution in [1.29, 1.82) is 0 Å². The fourth-order valence-corrected chi connectivity index (χ4v) is 4.83. The fourth-order valence-electron chi connectivity index (χ4n) is 4.83. The molecule has 1 aliphatic carbocycles. The average Bonchev–Trinajstić information content (AvgIpc) is 3.90. The molecule has 246 valence electrons. The van der Waals surface area contributed by atoms with Crippen molar-refractivity contribution in [2.24, 2.45) is 10.7 Å². The van der Waals surface area contributed by atoms with Gasteiger partial charge in [0.2, 0.25) is 0 Å². The number of pyridine rings is 1. The molecule has 0 radical (unpaired) electrons.